The molecule has 1 aliphatic heterocycles. The largest absolute Gasteiger partial charge is 0.463 e. The summed E-state index contributed by atoms with van der Waals surface area (Å²) in [7, 11) is 0. The number of amides is 2. The molecule has 0 saturated carbocycles. The lowest BCUT2D eigenvalue weighted by Crippen LogP contribution is -2.45. The fraction of sp³-hybridized carbons (Fsp3) is 0.273. The van der Waals surface area contributed by atoms with Gasteiger partial charge in [-0.2, -0.15) is 0 Å². The number of hydrogen-bond acceptors (Lipinski definition) is 4. The molecule has 0 aromatic heterocycles. The van der Waals surface area contributed by atoms with E-state index in [0.29, 0.717) is 17.0 Å². The predicted octanol–water partition coefficient (Wildman–Crippen LogP) is 4.29. The van der Waals surface area contributed by atoms with Crippen LogP contribution in [0.2, 0.25) is 0 Å². The lowest BCUT2D eigenvalue weighted by molar-refractivity contribution is -0.139. The molecule has 6 heteroatoms. The van der Waals surface area contributed by atoms with Crippen LogP contribution in [0.25, 0.3) is 0 Å². The van der Waals surface area contributed by atoms with Gasteiger partial charge < -0.3 is 20.1 Å². The van der Waals surface area contributed by atoms with Gasteiger partial charge in [-0.3, -0.25) is 0 Å². The van der Waals surface area contributed by atoms with Crippen LogP contribution >= 0.6 is 0 Å². The molecule has 2 amide bonds. The van der Waals surface area contributed by atoms with E-state index in [4.69, 9.17) is 9.47 Å². The Balaban J connectivity index is 1.87. The third-order valence-electron chi connectivity index (χ3n) is 4.76. The van der Waals surface area contributed by atoms with Crippen molar-refractivity contribution in [3.05, 3.63) is 70.4 Å². The molecule has 2 N–H and O–H groups in total. The van der Waals surface area contributed by atoms with Crippen molar-refractivity contribution in [1.29, 1.82) is 0 Å². The zero-order valence-electron chi connectivity index (χ0n) is 16.5. The number of hydrogen-bond donors (Lipinski definition) is 2. The number of esters is 1. The quantitative estimate of drug-likeness (QED) is 0.759. The second-order valence-electron chi connectivity index (χ2n) is 6.66. The number of rotatable bonds is 5. The first-order valence-electron chi connectivity index (χ1n) is 9.20. The second kappa shape index (κ2) is 8.17. The molecule has 0 fully saturated rings. The van der Waals surface area contributed by atoms with Gasteiger partial charge >= 0.3 is 12.0 Å². The van der Waals surface area contributed by atoms with E-state index in [9.17, 15) is 9.59 Å². The van der Waals surface area contributed by atoms with E-state index in [-0.39, 0.29) is 12.6 Å². The van der Waals surface area contributed by atoms with E-state index < -0.39 is 12.0 Å². The van der Waals surface area contributed by atoms with Crippen LogP contribution < -0.4 is 15.4 Å². The van der Waals surface area contributed by atoms with Crippen LogP contribution in [0.3, 0.4) is 0 Å². The van der Waals surface area contributed by atoms with E-state index in [2.05, 4.69) is 10.6 Å². The molecular weight excluding hydrogens is 356 g/mol. The average molecular weight is 380 g/mol. The molecule has 3 rings (SSSR count). The maximum Gasteiger partial charge on any atom is 0.338 e. The molecule has 2 aromatic carbocycles. The summed E-state index contributed by atoms with van der Waals surface area (Å²) in [6.07, 6.45) is 0. The van der Waals surface area contributed by atoms with Crippen molar-refractivity contribution in [2.45, 2.75) is 33.7 Å². The lowest BCUT2D eigenvalue weighted by Gasteiger charge is -2.28. The number of nitrogens with one attached hydrogen (secondary N) is 2. The molecule has 1 atom stereocenters. The highest BCUT2D eigenvalue weighted by molar-refractivity contribution is 5.95. The van der Waals surface area contributed by atoms with Gasteiger partial charge in [0.2, 0.25) is 0 Å². The van der Waals surface area contributed by atoms with Crippen LogP contribution in [-0.4, -0.2) is 18.6 Å². The molecular formula is C22H24N2O4. The van der Waals surface area contributed by atoms with Crippen LogP contribution in [0.5, 0.6) is 11.5 Å². The average Bonchev–Trinajstić information content (AvgIpc) is 2.65. The summed E-state index contributed by atoms with van der Waals surface area (Å²) >= 11 is 0. The molecule has 0 spiro atoms. The fourth-order valence-electron chi connectivity index (χ4n) is 3.11. The van der Waals surface area contributed by atoms with Gasteiger partial charge in [0.1, 0.15) is 11.5 Å². The van der Waals surface area contributed by atoms with E-state index in [1.165, 1.54) is 0 Å². The molecule has 1 aliphatic rings. The summed E-state index contributed by atoms with van der Waals surface area (Å²) < 4.78 is 11.1. The summed E-state index contributed by atoms with van der Waals surface area (Å²) in [6.45, 7) is 7.76. The molecule has 28 heavy (non-hydrogen) atoms. The van der Waals surface area contributed by atoms with Crippen molar-refractivity contribution in [1.82, 2.24) is 10.6 Å². The monoisotopic (exact) mass is 380 g/mol. The predicted molar refractivity (Wildman–Crippen MR) is 106 cm³/mol. The van der Waals surface area contributed by atoms with E-state index in [1.807, 2.05) is 56.3 Å². The van der Waals surface area contributed by atoms with Crippen LogP contribution in [0.4, 0.5) is 4.79 Å². The first-order chi connectivity index (χ1) is 13.4. The molecule has 1 unspecified atom stereocenters. The van der Waals surface area contributed by atoms with Gasteiger partial charge in [-0.05, 0) is 62.6 Å². The standard InChI is InChI=1S/C22H24N2O4/c1-5-27-21(25)19-15(4)23-22(26)24-20(19)16-9-11-17(12-10-16)28-18-8-6-7-13(2)14(18)3/h6-12,20H,5H2,1-4H3,(H2,23,24,26). The van der Waals surface area contributed by atoms with Gasteiger partial charge in [0.05, 0.1) is 18.2 Å². The molecule has 6 nitrogen and oxygen atoms in total. The Hall–Kier alpha value is -3.28. The minimum absolute atomic E-state index is 0.263. The highest BCUT2D eigenvalue weighted by Crippen LogP contribution is 2.31. The summed E-state index contributed by atoms with van der Waals surface area (Å²) in [6, 6.07) is 12.3. The van der Waals surface area contributed by atoms with Crippen molar-refractivity contribution >= 4 is 12.0 Å². The summed E-state index contributed by atoms with van der Waals surface area (Å²) in [5, 5.41) is 5.42. The second-order valence-corrected chi connectivity index (χ2v) is 6.66. The lowest BCUT2D eigenvalue weighted by atomic mass is 9.95. The molecule has 0 radical (unpaired) electrons. The van der Waals surface area contributed by atoms with E-state index in [0.717, 1.165) is 22.4 Å². The number of aryl methyl sites for hydroxylation is 1. The van der Waals surface area contributed by atoms with E-state index in [1.54, 1.807) is 13.8 Å². The Morgan fingerprint density at radius 3 is 2.46 bits per heavy atom. The van der Waals surface area contributed by atoms with Crippen molar-refractivity contribution in [2.24, 2.45) is 0 Å². The molecule has 2 aromatic rings. The van der Waals surface area contributed by atoms with Gasteiger partial charge in [0.25, 0.3) is 0 Å². The topological polar surface area (TPSA) is 76.7 Å². The Morgan fingerprint density at radius 2 is 1.79 bits per heavy atom. The maximum absolute atomic E-state index is 12.4. The Labute approximate surface area is 164 Å². The first-order valence-corrected chi connectivity index (χ1v) is 9.20. The summed E-state index contributed by atoms with van der Waals surface area (Å²) in [5.74, 6) is 1.02. The summed E-state index contributed by atoms with van der Waals surface area (Å²) in [4.78, 5) is 24.3. The number of carbonyl (C=O) groups is 2. The molecule has 146 valence electrons. The third kappa shape index (κ3) is 4.01. The van der Waals surface area contributed by atoms with E-state index >= 15 is 0 Å². The van der Waals surface area contributed by atoms with Crippen LogP contribution in [0.1, 0.15) is 36.6 Å². The molecule has 0 saturated heterocycles. The number of urea groups is 1. The van der Waals surface area contributed by atoms with Gasteiger partial charge in [0.15, 0.2) is 0 Å². The number of allylic oxidation sites excluding steroid dienone is 1. The van der Waals surface area contributed by atoms with Gasteiger partial charge in [-0.25, -0.2) is 9.59 Å². The minimum Gasteiger partial charge on any atom is -0.463 e. The summed E-state index contributed by atoms with van der Waals surface area (Å²) in [5.41, 5.74) is 3.89. The Morgan fingerprint density at radius 1 is 1.07 bits per heavy atom. The van der Waals surface area contributed by atoms with Crippen LogP contribution in [0, 0.1) is 13.8 Å². The fourth-order valence-corrected chi connectivity index (χ4v) is 3.11. The van der Waals surface area contributed by atoms with Gasteiger partial charge in [-0.15, -0.1) is 0 Å². The highest BCUT2D eigenvalue weighted by Gasteiger charge is 2.32. The number of benzene rings is 2. The number of carbonyl (C=O) groups excluding carboxylic acids is 2. The first kappa shape index (κ1) is 19.5. The molecule has 0 aliphatic carbocycles. The maximum atomic E-state index is 12.4. The van der Waals surface area contributed by atoms with Crippen molar-refractivity contribution in [2.75, 3.05) is 6.61 Å². The van der Waals surface area contributed by atoms with Gasteiger partial charge in [0, 0.05) is 5.70 Å². The van der Waals surface area contributed by atoms with Crippen molar-refractivity contribution in [3.63, 3.8) is 0 Å². The van der Waals surface area contributed by atoms with Crippen molar-refractivity contribution < 1.29 is 19.1 Å². The Kier molecular flexibility index (Phi) is 5.68. The number of ether oxygens (including phenoxy) is 2. The third-order valence-corrected chi connectivity index (χ3v) is 4.76. The zero-order valence-corrected chi connectivity index (χ0v) is 16.5. The van der Waals surface area contributed by atoms with Crippen LogP contribution in [0.15, 0.2) is 53.7 Å². The molecule has 1 heterocycles. The highest BCUT2D eigenvalue weighted by atomic mass is 16.5. The van der Waals surface area contributed by atoms with Crippen LogP contribution in [-0.2, 0) is 9.53 Å². The smallest absolute Gasteiger partial charge is 0.338 e. The van der Waals surface area contributed by atoms with Crippen molar-refractivity contribution in [3.8, 4) is 11.5 Å². The Bertz CT molecular complexity index is 932. The molecule has 0 bridgehead atoms. The van der Waals surface area contributed by atoms with Gasteiger partial charge in [-0.1, -0.05) is 24.3 Å². The minimum atomic E-state index is -0.581. The zero-order chi connectivity index (χ0) is 20.3. The SMILES string of the molecule is CCOC(=O)C1=C(C)NC(=O)NC1c1ccc(Oc2cccc(C)c2C)cc1. The normalized spacial score (nSPS) is 16.3.